The van der Waals surface area contributed by atoms with Crippen LogP contribution in [0.2, 0.25) is 0 Å². The highest BCUT2D eigenvalue weighted by molar-refractivity contribution is 5.85. The number of ether oxygens (including phenoxy) is 1. The molecule has 0 bridgehead atoms. The van der Waals surface area contributed by atoms with Gasteiger partial charge < -0.3 is 15.0 Å². The van der Waals surface area contributed by atoms with Crippen molar-refractivity contribution in [2.24, 2.45) is 5.92 Å². The summed E-state index contributed by atoms with van der Waals surface area (Å²) in [5, 5.41) is 3.62. The van der Waals surface area contributed by atoms with Gasteiger partial charge in [0, 0.05) is 45.4 Å². The van der Waals surface area contributed by atoms with Gasteiger partial charge in [-0.05, 0) is 32.1 Å². The van der Waals surface area contributed by atoms with Gasteiger partial charge in [-0.1, -0.05) is 12.8 Å². The summed E-state index contributed by atoms with van der Waals surface area (Å²) >= 11 is 0. The third-order valence-corrected chi connectivity index (χ3v) is 5.60. The summed E-state index contributed by atoms with van der Waals surface area (Å²) < 4.78 is 5.41. The number of halogens is 2. The molecule has 0 aromatic carbocycles. The molecule has 0 radical (unpaired) electrons. The quantitative estimate of drug-likeness (QED) is 0.739. The molecule has 1 N–H and O–H groups in total. The van der Waals surface area contributed by atoms with E-state index in [4.69, 9.17) is 4.74 Å². The van der Waals surface area contributed by atoms with Crippen LogP contribution in [0.3, 0.4) is 0 Å². The lowest BCUT2D eigenvalue weighted by Crippen LogP contribution is -2.53. The minimum Gasteiger partial charge on any atom is -0.380 e. The van der Waals surface area contributed by atoms with Crippen LogP contribution in [0.25, 0.3) is 0 Å². The number of carbonyl (C=O) groups is 1. The molecule has 2 heterocycles. The number of carbonyl (C=O) groups excluding carboxylic acids is 1. The Kier molecular flexibility index (Phi) is 9.90. The molecule has 3 aliphatic rings. The Balaban J connectivity index is 0.00000144. The molecule has 24 heavy (non-hydrogen) atoms. The fourth-order valence-electron chi connectivity index (χ4n) is 4.26. The van der Waals surface area contributed by atoms with Gasteiger partial charge in [0.25, 0.3) is 0 Å². The van der Waals surface area contributed by atoms with Gasteiger partial charge in [0.1, 0.15) is 0 Å². The maximum absolute atomic E-state index is 12.7. The molecule has 0 aromatic rings. The van der Waals surface area contributed by atoms with Gasteiger partial charge >= 0.3 is 0 Å². The predicted octanol–water partition coefficient (Wildman–Crippen LogP) is 1.93. The minimum atomic E-state index is 0. The fraction of sp³-hybridized carbons (Fsp3) is 0.941. The smallest absolute Gasteiger partial charge is 0.239 e. The summed E-state index contributed by atoms with van der Waals surface area (Å²) in [5.41, 5.74) is 0. The Morgan fingerprint density at radius 3 is 2.50 bits per heavy atom. The van der Waals surface area contributed by atoms with Crippen LogP contribution in [-0.2, 0) is 9.53 Å². The molecule has 0 spiro atoms. The zero-order valence-electron chi connectivity index (χ0n) is 14.7. The van der Waals surface area contributed by atoms with Crippen LogP contribution in [0.15, 0.2) is 0 Å². The molecule has 1 aliphatic carbocycles. The van der Waals surface area contributed by atoms with E-state index >= 15 is 0 Å². The zero-order chi connectivity index (χ0) is 15.4. The second kappa shape index (κ2) is 10.8. The van der Waals surface area contributed by atoms with E-state index in [2.05, 4.69) is 15.1 Å². The average molecular weight is 382 g/mol. The van der Waals surface area contributed by atoms with E-state index in [0.29, 0.717) is 11.9 Å². The number of hydrogen-bond acceptors (Lipinski definition) is 4. The summed E-state index contributed by atoms with van der Waals surface area (Å²) in [4.78, 5) is 17.2. The first kappa shape index (κ1) is 22.0. The monoisotopic (exact) mass is 381 g/mol. The van der Waals surface area contributed by atoms with Crippen LogP contribution >= 0.6 is 24.8 Å². The van der Waals surface area contributed by atoms with Crippen LogP contribution in [0.5, 0.6) is 0 Å². The van der Waals surface area contributed by atoms with Gasteiger partial charge in [-0.2, -0.15) is 0 Å². The Labute approximate surface area is 158 Å². The molecular weight excluding hydrogens is 349 g/mol. The summed E-state index contributed by atoms with van der Waals surface area (Å²) in [6, 6.07) is 0.693. The summed E-state index contributed by atoms with van der Waals surface area (Å²) in [7, 11) is 0. The van der Waals surface area contributed by atoms with E-state index < -0.39 is 0 Å². The summed E-state index contributed by atoms with van der Waals surface area (Å²) in [6.07, 6.45) is 6.32. The van der Waals surface area contributed by atoms with E-state index in [1.54, 1.807) is 0 Å². The number of rotatable bonds is 5. The van der Waals surface area contributed by atoms with Crippen molar-refractivity contribution in [2.75, 3.05) is 45.9 Å². The van der Waals surface area contributed by atoms with Crippen molar-refractivity contribution >= 4 is 30.7 Å². The first-order valence-corrected chi connectivity index (χ1v) is 9.13. The molecule has 2 aliphatic heterocycles. The topological polar surface area (TPSA) is 44.8 Å². The van der Waals surface area contributed by atoms with Crippen LogP contribution in [0.1, 0.15) is 39.0 Å². The molecular formula is C17H33Cl2N3O2. The predicted molar refractivity (Wildman–Crippen MR) is 101 cm³/mol. The molecule has 1 amide bonds. The second-order valence-corrected chi connectivity index (χ2v) is 6.97. The van der Waals surface area contributed by atoms with Gasteiger partial charge in [-0.3, -0.25) is 9.69 Å². The van der Waals surface area contributed by atoms with Crippen molar-refractivity contribution in [3.8, 4) is 0 Å². The Bertz CT molecular complexity index is 365. The van der Waals surface area contributed by atoms with Gasteiger partial charge in [-0.25, -0.2) is 0 Å². The maximum atomic E-state index is 12.7. The molecule has 3 unspecified atom stereocenters. The highest BCUT2D eigenvalue weighted by Crippen LogP contribution is 2.33. The minimum absolute atomic E-state index is 0. The lowest BCUT2D eigenvalue weighted by atomic mass is 9.85. The maximum Gasteiger partial charge on any atom is 0.239 e. The van der Waals surface area contributed by atoms with Gasteiger partial charge in [0.05, 0.1) is 12.6 Å². The van der Waals surface area contributed by atoms with Gasteiger partial charge in [-0.15, -0.1) is 24.8 Å². The van der Waals surface area contributed by atoms with E-state index in [1.165, 1.54) is 25.7 Å². The van der Waals surface area contributed by atoms with E-state index in [-0.39, 0.29) is 30.9 Å². The van der Waals surface area contributed by atoms with Crippen molar-refractivity contribution in [1.29, 1.82) is 0 Å². The normalized spacial score (nSPS) is 30.2. The standard InChI is InChI=1S/C17H31N3O2.2ClH/c1-2-22-12-11-19-7-9-20(10-8-19)17(21)16-13-14-5-3-4-6-15(14)18-16;;/h14-16,18H,2-13H2,1H3;2*1H. The lowest BCUT2D eigenvalue weighted by molar-refractivity contribution is -0.135. The Morgan fingerprint density at radius 2 is 1.83 bits per heavy atom. The fourth-order valence-corrected chi connectivity index (χ4v) is 4.26. The highest BCUT2D eigenvalue weighted by atomic mass is 35.5. The SMILES string of the molecule is CCOCCN1CCN(C(=O)C2CC3CCCCC3N2)CC1.Cl.Cl. The second-order valence-electron chi connectivity index (χ2n) is 6.97. The molecule has 2 saturated heterocycles. The molecule has 142 valence electrons. The number of hydrogen-bond donors (Lipinski definition) is 1. The van der Waals surface area contributed by atoms with Crippen molar-refractivity contribution < 1.29 is 9.53 Å². The first-order chi connectivity index (χ1) is 10.8. The summed E-state index contributed by atoms with van der Waals surface area (Å²) in [6.45, 7) is 8.32. The van der Waals surface area contributed by atoms with Crippen LogP contribution < -0.4 is 5.32 Å². The van der Waals surface area contributed by atoms with Gasteiger partial charge in [0.15, 0.2) is 0 Å². The molecule has 0 aromatic heterocycles. The first-order valence-electron chi connectivity index (χ1n) is 9.13. The third kappa shape index (κ3) is 5.46. The molecule has 3 rings (SSSR count). The van der Waals surface area contributed by atoms with Crippen molar-refractivity contribution in [3.05, 3.63) is 0 Å². The number of nitrogens with zero attached hydrogens (tertiary/aromatic N) is 2. The number of nitrogens with one attached hydrogen (secondary N) is 1. The third-order valence-electron chi connectivity index (χ3n) is 5.60. The molecule has 3 fully saturated rings. The largest absolute Gasteiger partial charge is 0.380 e. The van der Waals surface area contributed by atoms with E-state index in [1.807, 2.05) is 6.92 Å². The van der Waals surface area contributed by atoms with E-state index in [0.717, 1.165) is 58.3 Å². The number of amides is 1. The van der Waals surface area contributed by atoms with Crippen molar-refractivity contribution in [1.82, 2.24) is 15.1 Å². The van der Waals surface area contributed by atoms with Crippen LogP contribution in [0, 0.1) is 5.92 Å². The van der Waals surface area contributed by atoms with Crippen molar-refractivity contribution in [3.63, 3.8) is 0 Å². The van der Waals surface area contributed by atoms with Crippen molar-refractivity contribution in [2.45, 2.75) is 51.1 Å². The average Bonchev–Trinajstić information content (AvgIpc) is 2.99. The number of piperazine rings is 1. The highest BCUT2D eigenvalue weighted by Gasteiger charge is 2.40. The summed E-state index contributed by atoms with van der Waals surface area (Å²) in [5.74, 6) is 1.09. The molecule has 5 nitrogen and oxygen atoms in total. The van der Waals surface area contributed by atoms with Crippen LogP contribution in [-0.4, -0.2) is 73.7 Å². The van der Waals surface area contributed by atoms with Gasteiger partial charge in [0.2, 0.25) is 5.91 Å². The molecule has 1 saturated carbocycles. The van der Waals surface area contributed by atoms with E-state index in [9.17, 15) is 4.79 Å². The lowest BCUT2D eigenvalue weighted by Gasteiger charge is -2.36. The zero-order valence-corrected chi connectivity index (χ0v) is 16.4. The molecule has 7 heteroatoms. The molecule has 3 atom stereocenters. The Morgan fingerprint density at radius 1 is 1.12 bits per heavy atom. The van der Waals surface area contributed by atoms with Crippen LogP contribution in [0.4, 0.5) is 0 Å². The number of fused-ring (bicyclic) bond motifs is 1. The Hall–Kier alpha value is -0.0700.